The van der Waals surface area contributed by atoms with Crippen molar-refractivity contribution in [3.8, 4) is 11.5 Å². The number of nitrogens with one attached hydrogen (secondary N) is 1. The first-order valence-corrected chi connectivity index (χ1v) is 6.90. The maximum Gasteiger partial charge on any atom is 0.124 e. The molecule has 1 N–H and O–H groups in total. The molecule has 1 unspecified atom stereocenters. The van der Waals surface area contributed by atoms with Gasteiger partial charge in [0.25, 0.3) is 0 Å². The van der Waals surface area contributed by atoms with Crippen LogP contribution in [0.3, 0.4) is 0 Å². The minimum atomic E-state index is 0.285. The van der Waals surface area contributed by atoms with Gasteiger partial charge in [0.2, 0.25) is 0 Å². The fourth-order valence-electron chi connectivity index (χ4n) is 2.31. The van der Waals surface area contributed by atoms with E-state index in [4.69, 9.17) is 9.47 Å². The van der Waals surface area contributed by atoms with Crippen LogP contribution < -0.4 is 14.8 Å². The monoisotopic (exact) mass is 249 g/mol. The molecule has 3 nitrogen and oxygen atoms in total. The Bertz CT molecular complexity index is 404. The first-order chi connectivity index (χ1) is 8.74. The SMILES string of the molecule is CCCNCc1cc2c(cc1OCC)CC(C)O2. The number of fused-ring (bicyclic) bond motifs is 1. The highest BCUT2D eigenvalue weighted by Gasteiger charge is 2.21. The lowest BCUT2D eigenvalue weighted by molar-refractivity contribution is 0.254. The van der Waals surface area contributed by atoms with E-state index in [2.05, 4.69) is 31.3 Å². The van der Waals surface area contributed by atoms with Gasteiger partial charge < -0.3 is 14.8 Å². The Labute approximate surface area is 109 Å². The standard InChI is InChI=1S/C15H23NO2/c1-4-6-16-10-13-9-15-12(7-11(3)18-15)8-14(13)17-5-2/h8-9,11,16H,4-7,10H2,1-3H3. The molecule has 0 fully saturated rings. The maximum absolute atomic E-state index is 5.80. The van der Waals surface area contributed by atoms with E-state index in [1.807, 2.05) is 6.92 Å². The minimum Gasteiger partial charge on any atom is -0.494 e. The number of rotatable bonds is 6. The summed E-state index contributed by atoms with van der Waals surface area (Å²) in [7, 11) is 0. The van der Waals surface area contributed by atoms with Crippen LogP contribution in [0, 0.1) is 0 Å². The lowest BCUT2D eigenvalue weighted by atomic mass is 10.1. The number of hydrogen-bond donors (Lipinski definition) is 1. The summed E-state index contributed by atoms with van der Waals surface area (Å²) >= 11 is 0. The quantitative estimate of drug-likeness (QED) is 0.786. The van der Waals surface area contributed by atoms with E-state index in [1.165, 1.54) is 11.1 Å². The van der Waals surface area contributed by atoms with Gasteiger partial charge in [0.05, 0.1) is 6.61 Å². The molecule has 0 spiro atoms. The summed E-state index contributed by atoms with van der Waals surface area (Å²) in [6.07, 6.45) is 2.41. The van der Waals surface area contributed by atoms with Crippen molar-refractivity contribution in [2.45, 2.75) is 46.3 Å². The van der Waals surface area contributed by atoms with E-state index in [0.29, 0.717) is 6.61 Å². The summed E-state index contributed by atoms with van der Waals surface area (Å²) in [6.45, 7) is 8.87. The minimum absolute atomic E-state index is 0.285. The first kappa shape index (κ1) is 13.2. The van der Waals surface area contributed by atoms with Gasteiger partial charge in [-0.2, -0.15) is 0 Å². The highest BCUT2D eigenvalue weighted by Crippen LogP contribution is 2.35. The first-order valence-electron chi connectivity index (χ1n) is 6.90. The number of hydrogen-bond acceptors (Lipinski definition) is 3. The Balaban J connectivity index is 2.18. The second-order valence-electron chi connectivity index (χ2n) is 4.81. The zero-order chi connectivity index (χ0) is 13.0. The third-order valence-corrected chi connectivity index (χ3v) is 3.12. The van der Waals surface area contributed by atoms with Gasteiger partial charge in [-0.15, -0.1) is 0 Å². The molecule has 18 heavy (non-hydrogen) atoms. The molecule has 1 aromatic carbocycles. The van der Waals surface area contributed by atoms with Crippen LogP contribution in [0.5, 0.6) is 11.5 Å². The molecule has 1 aromatic rings. The van der Waals surface area contributed by atoms with E-state index in [-0.39, 0.29) is 6.10 Å². The van der Waals surface area contributed by atoms with E-state index in [9.17, 15) is 0 Å². The van der Waals surface area contributed by atoms with Gasteiger partial charge in [-0.25, -0.2) is 0 Å². The Morgan fingerprint density at radius 3 is 2.94 bits per heavy atom. The van der Waals surface area contributed by atoms with E-state index in [1.54, 1.807) is 0 Å². The third-order valence-electron chi connectivity index (χ3n) is 3.12. The molecule has 1 atom stereocenters. The summed E-state index contributed by atoms with van der Waals surface area (Å²) in [5.74, 6) is 2.02. The summed E-state index contributed by atoms with van der Waals surface area (Å²) in [5, 5.41) is 3.42. The smallest absolute Gasteiger partial charge is 0.124 e. The Hall–Kier alpha value is -1.22. The van der Waals surface area contributed by atoms with Gasteiger partial charge in [0.1, 0.15) is 17.6 Å². The largest absolute Gasteiger partial charge is 0.494 e. The van der Waals surface area contributed by atoms with Crippen molar-refractivity contribution in [2.75, 3.05) is 13.2 Å². The molecule has 0 aromatic heterocycles. The van der Waals surface area contributed by atoms with Crippen molar-refractivity contribution in [3.05, 3.63) is 23.3 Å². The van der Waals surface area contributed by atoms with Crippen molar-refractivity contribution in [1.29, 1.82) is 0 Å². The molecular formula is C15H23NO2. The zero-order valence-corrected chi connectivity index (χ0v) is 11.6. The van der Waals surface area contributed by atoms with Crippen LogP contribution in [0.4, 0.5) is 0 Å². The maximum atomic E-state index is 5.80. The molecule has 2 rings (SSSR count). The van der Waals surface area contributed by atoms with Crippen LogP contribution in [0.15, 0.2) is 12.1 Å². The fourth-order valence-corrected chi connectivity index (χ4v) is 2.31. The second-order valence-corrected chi connectivity index (χ2v) is 4.81. The van der Waals surface area contributed by atoms with Crippen LogP contribution >= 0.6 is 0 Å². The second kappa shape index (κ2) is 6.10. The molecule has 1 aliphatic heterocycles. The Morgan fingerprint density at radius 1 is 1.39 bits per heavy atom. The van der Waals surface area contributed by atoms with E-state index >= 15 is 0 Å². The highest BCUT2D eigenvalue weighted by molar-refractivity contribution is 5.48. The lowest BCUT2D eigenvalue weighted by Gasteiger charge is -2.13. The average Bonchev–Trinajstić information content (AvgIpc) is 2.69. The van der Waals surface area contributed by atoms with E-state index in [0.717, 1.165) is 37.4 Å². The van der Waals surface area contributed by atoms with E-state index < -0.39 is 0 Å². The molecular weight excluding hydrogens is 226 g/mol. The summed E-state index contributed by atoms with van der Waals surface area (Å²) in [5.41, 5.74) is 2.46. The van der Waals surface area contributed by atoms with Crippen LogP contribution in [0.25, 0.3) is 0 Å². The molecule has 1 heterocycles. The van der Waals surface area contributed by atoms with Gasteiger partial charge in [0.15, 0.2) is 0 Å². The van der Waals surface area contributed by atoms with Gasteiger partial charge >= 0.3 is 0 Å². The summed E-state index contributed by atoms with van der Waals surface area (Å²) in [4.78, 5) is 0. The Morgan fingerprint density at radius 2 is 2.22 bits per heavy atom. The van der Waals surface area contributed by atoms with Crippen LogP contribution in [0.2, 0.25) is 0 Å². The molecule has 0 bridgehead atoms. The van der Waals surface area contributed by atoms with Crippen molar-refractivity contribution < 1.29 is 9.47 Å². The van der Waals surface area contributed by atoms with Gasteiger partial charge in [-0.05, 0) is 38.9 Å². The summed E-state index contributed by atoms with van der Waals surface area (Å²) < 4.78 is 11.5. The molecule has 0 radical (unpaired) electrons. The van der Waals surface area contributed by atoms with Gasteiger partial charge in [-0.3, -0.25) is 0 Å². The predicted octanol–water partition coefficient (Wildman–Crippen LogP) is 2.91. The predicted molar refractivity (Wildman–Crippen MR) is 73.4 cm³/mol. The molecule has 100 valence electrons. The molecule has 3 heteroatoms. The van der Waals surface area contributed by atoms with Gasteiger partial charge in [-0.1, -0.05) is 6.92 Å². The van der Waals surface area contributed by atoms with Gasteiger partial charge in [0, 0.05) is 24.1 Å². The number of benzene rings is 1. The Kier molecular flexibility index (Phi) is 4.48. The van der Waals surface area contributed by atoms with Crippen LogP contribution in [-0.4, -0.2) is 19.3 Å². The van der Waals surface area contributed by atoms with Crippen molar-refractivity contribution >= 4 is 0 Å². The van der Waals surface area contributed by atoms with Crippen LogP contribution in [-0.2, 0) is 13.0 Å². The normalized spacial score (nSPS) is 17.4. The van der Waals surface area contributed by atoms with Crippen LogP contribution in [0.1, 0.15) is 38.3 Å². The van der Waals surface area contributed by atoms with Crippen molar-refractivity contribution in [2.24, 2.45) is 0 Å². The fraction of sp³-hybridized carbons (Fsp3) is 0.600. The zero-order valence-electron chi connectivity index (χ0n) is 11.6. The molecule has 0 amide bonds. The topological polar surface area (TPSA) is 30.5 Å². The summed E-state index contributed by atoms with van der Waals surface area (Å²) in [6, 6.07) is 4.28. The highest BCUT2D eigenvalue weighted by atomic mass is 16.5. The third kappa shape index (κ3) is 2.96. The average molecular weight is 249 g/mol. The lowest BCUT2D eigenvalue weighted by Crippen LogP contribution is -2.14. The molecule has 0 aliphatic carbocycles. The van der Waals surface area contributed by atoms with Crippen molar-refractivity contribution in [1.82, 2.24) is 5.32 Å². The molecule has 0 saturated carbocycles. The molecule has 0 saturated heterocycles. The molecule has 1 aliphatic rings. The number of ether oxygens (including phenoxy) is 2. The van der Waals surface area contributed by atoms with Crippen molar-refractivity contribution in [3.63, 3.8) is 0 Å².